The van der Waals surface area contributed by atoms with Crippen LogP contribution in [0.25, 0.3) is 0 Å². The van der Waals surface area contributed by atoms with E-state index in [1.807, 2.05) is 14.0 Å². The van der Waals surface area contributed by atoms with Crippen LogP contribution in [0.5, 0.6) is 0 Å². The van der Waals surface area contributed by atoms with Crippen LogP contribution in [0, 0.1) is 5.82 Å². The average Bonchev–Trinajstić information content (AvgIpc) is 2.37. The molecule has 2 atom stereocenters. The van der Waals surface area contributed by atoms with Crippen LogP contribution in [0.3, 0.4) is 0 Å². The molecule has 1 fully saturated rings. The molecule has 8 heteroatoms. The number of piperidine rings is 1. The lowest BCUT2D eigenvalue weighted by Crippen LogP contribution is -2.47. The zero-order valence-electron chi connectivity index (χ0n) is 11.9. The summed E-state index contributed by atoms with van der Waals surface area (Å²) in [7, 11) is -1.99. The van der Waals surface area contributed by atoms with Gasteiger partial charge in [-0.25, -0.2) is 17.5 Å². The molecule has 2 rings (SSSR count). The summed E-state index contributed by atoms with van der Waals surface area (Å²) >= 11 is 5.66. The Morgan fingerprint density at radius 1 is 1.48 bits per heavy atom. The van der Waals surface area contributed by atoms with E-state index in [9.17, 15) is 12.8 Å². The number of halogens is 2. The molecular weight excluding hydrogens is 317 g/mol. The largest absolute Gasteiger partial charge is 0.399 e. The molecular formula is C13H19ClFN3O2S. The third-order valence-electron chi connectivity index (χ3n) is 3.84. The lowest BCUT2D eigenvalue weighted by Gasteiger charge is -2.35. The summed E-state index contributed by atoms with van der Waals surface area (Å²) in [5.74, 6) is -0.973. The van der Waals surface area contributed by atoms with E-state index < -0.39 is 20.7 Å². The Hall–Kier alpha value is -0.890. The first-order valence-corrected chi connectivity index (χ1v) is 8.54. The molecule has 2 unspecified atom stereocenters. The van der Waals surface area contributed by atoms with Crippen molar-refractivity contribution in [1.29, 1.82) is 0 Å². The van der Waals surface area contributed by atoms with Crippen LogP contribution in [0.1, 0.15) is 19.8 Å². The summed E-state index contributed by atoms with van der Waals surface area (Å²) < 4.78 is 41.2. The molecule has 1 aromatic rings. The highest BCUT2D eigenvalue weighted by atomic mass is 35.5. The molecule has 1 aliphatic heterocycles. The second-order valence-electron chi connectivity index (χ2n) is 5.49. The number of nitrogens with one attached hydrogen (secondary N) is 1. The van der Waals surface area contributed by atoms with Gasteiger partial charge in [-0.3, -0.25) is 0 Å². The van der Waals surface area contributed by atoms with E-state index in [1.165, 1.54) is 6.07 Å². The maximum absolute atomic E-state index is 14.0. The van der Waals surface area contributed by atoms with Crippen molar-refractivity contribution in [2.45, 2.75) is 36.7 Å². The van der Waals surface area contributed by atoms with Gasteiger partial charge in [-0.1, -0.05) is 11.6 Å². The van der Waals surface area contributed by atoms with Crippen molar-refractivity contribution in [3.8, 4) is 0 Å². The molecule has 21 heavy (non-hydrogen) atoms. The summed E-state index contributed by atoms with van der Waals surface area (Å²) in [6.45, 7) is 2.81. The highest BCUT2D eigenvalue weighted by Gasteiger charge is 2.29. The molecule has 1 aliphatic rings. The third kappa shape index (κ3) is 3.66. The molecule has 1 saturated heterocycles. The molecule has 0 saturated carbocycles. The predicted octanol–water partition coefficient (Wildman–Crippen LogP) is 1.82. The summed E-state index contributed by atoms with van der Waals surface area (Å²) in [6, 6.07) is 2.32. The van der Waals surface area contributed by atoms with Crippen LogP contribution in [0.15, 0.2) is 17.0 Å². The van der Waals surface area contributed by atoms with Crippen molar-refractivity contribution in [3.63, 3.8) is 0 Å². The second kappa shape index (κ2) is 6.08. The highest BCUT2D eigenvalue weighted by molar-refractivity contribution is 7.89. The Morgan fingerprint density at radius 3 is 2.76 bits per heavy atom. The summed E-state index contributed by atoms with van der Waals surface area (Å²) in [6.07, 6.45) is 1.35. The van der Waals surface area contributed by atoms with Gasteiger partial charge in [0.05, 0.1) is 5.02 Å². The lowest BCUT2D eigenvalue weighted by atomic mass is 10.0. The number of sulfonamides is 1. The second-order valence-corrected chi connectivity index (χ2v) is 7.58. The zero-order valence-corrected chi connectivity index (χ0v) is 13.5. The van der Waals surface area contributed by atoms with E-state index in [1.54, 1.807) is 0 Å². The smallest absolute Gasteiger partial charge is 0.243 e. The molecule has 0 spiro atoms. The molecule has 0 bridgehead atoms. The Balaban J connectivity index is 2.23. The Morgan fingerprint density at radius 2 is 2.14 bits per heavy atom. The van der Waals surface area contributed by atoms with Crippen LogP contribution in [-0.4, -0.2) is 39.0 Å². The minimum Gasteiger partial charge on any atom is -0.399 e. The maximum Gasteiger partial charge on any atom is 0.243 e. The van der Waals surface area contributed by atoms with Crippen LogP contribution < -0.4 is 10.5 Å². The molecule has 5 nitrogen and oxygen atoms in total. The summed E-state index contributed by atoms with van der Waals surface area (Å²) in [4.78, 5) is 1.65. The third-order valence-corrected chi connectivity index (χ3v) is 5.63. The van der Waals surface area contributed by atoms with Crippen molar-refractivity contribution < 1.29 is 12.8 Å². The number of anilines is 1. The molecule has 1 aromatic carbocycles. The molecule has 3 N–H and O–H groups in total. The standard InChI is InChI=1S/C13H19ClFN3O2S/c1-8-5-10(3-4-18(8)2)17-21(19,20)12-7-9(16)6-11(14)13(12)15/h6-8,10,17H,3-5,16H2,1-2H3. The van der Waals surface area contributed by atoms with Gasteiger partial charge in [0.25, 0.3) is 0 Å². The molecule has 0 aliphatic carbocycles. The van der Waals surface area contributed by atoms with Crippen molar-refractivity contribution >= 4 is 27.3 Å². The number of nitrogen functional groups attached to an aromatic ring is 1. The van der Waals surface area contributed by atoms with Gasteiger partial charge in [-0.15, -0.1) is 0 Å². The monoisotopic (exact) mass is 335 g/mol. The number of hydrogen-bond donors (Lipinski definition) is 2. The minimum absolute atomic E-state index is 0.110. The van der Waals surface area contributed by atoms with E-state index in [4.69, 9.17) is 17.3 Å². The predicted molar refractivity (Wildman–Crippen MR) is 81.3 cm³/mol. The fourth-order valence-corrected chi connectivity index (χ4v) is 4.16. The minimum atomic E-state index is -3.98. The number of benzene rings is 1. The van der Waals surface area contributed by atoms with E-state index in [-0.39, 0.29) is 22.8 Å². The van der Waals surface area contributed by atoms with Crippen molar-refractivity contribution in [2.24, 2.45) is 0 Å². The van der Waals surface area contributed by atoms with Crippen LogP contribution >= 0.6 is 11.6 Å². The SMILES string of the molecule is CC1CC(NS(=O)(=O)c2cc(N)cc(Cl)c2F)CCN1C. The normalized spacial score (nSPS) is 24.2. The van der Waals surface area contributed by atoms with Crippen LogP contribution in [-0.2, 0) is 10.0 Å². The first-order chi connectivity index (χ1) is 9.70. The maximum atomic E-state index is 14.0. The van der Waals surface area contributed by atoms with Gasteiger partial charge in [-0.05, 0) is 45.5 Å². The molecule has 1 heterocycles. The van der Waals surface area contributed by atoms with Gasteiger partial charge in [0, 0.05) is 17.8 Å². The van der Waals surface area contributed by atoms with Crippen molar-refractivity contribution in [2.75, 3.05) is 19.3 Å². The van der Waals surface area contributed by atoms with E-state index in [0.29, 0.717) is 12.8 Å². The fourth-order valence-electron chi connectivity index (χ4n) is 2.46. The van der Waals surface area contributed by atoms with Crippen molar-refractivity contribution in [3.05, 3.63) is 23.0 Å². The number of nitrogens with two attached hydrogens (primary N) is 1. The lowest BCUT2D eigenvalue weighted by molar-refractivity contribution is 0.178. The van der Waals surface area contributed by atoms with Gasteiger partial charge >= 0.3 is 0 Å². The van der Waals surface area contributed by atoms with E-state index >= 15 is 0 Å². The first kappa shape index (κ1) is 16.5. The zero-order chi connectivity index (χ0) is 15.8. The topological polar surface area (TPSA) is 75.4 Å². The molecule has 118 valence electrons. The van der Waals surface area contributed by atoms with E-state index in [2.05, 4.69) is 9.62 Å². The van der Waals surface area contributed by atoms with Crippen LogP contribution in [0.4, 0.5) is 10.1 Å². The number of rotatable bonds is 3. The Kier molecular flexibility index (Phi) is 4.77. The number of hydrogen-bond acceptors (Lipinski definition) is 4. The quantitative estimate of drug-likeness (QED) is 0.826. The fraction of sp³-hybridized carbons (Fsp3) is 0.538. The Labute approximate surface area is 129 Å². The Bertz CT molecular complexity index is 639. The molecule has 0 amide bonds. The number of nitrogens with zero attached hydrogens (tertiary/aromatic N) is 1. The van der Waals surface area contributed by atoms with Gasteiger partial charge in [0.15, 0.2) is 5.82 Å². The van der Waals surface area contributed by atoms with E-state index in [0.717, 1.165) is 12.6 Å². The summed E-state index contributed by atoms with van der Waals surface area (Å²) in [5, 5.41) is -0.299. The van der Waals surface area contributed by atoms with Gasteiger partial charge in [0.2, 0.25) is 10.0 Å². The average molecular weight is 336 g/mol. The molecule has 0 radical (unpaired) electrons. The highest BCUT2D eigenvalue weighted by Crippen LogP contribution is 2.26. The van der Waals surface area contributed by atoms with Gasteiger partial charge in [-0.2, -0.15) is 0 Å². The van der Waals surface area contributed by atoms with Gasteiger partial charge in [0.1, 0.15) is 4.90 Å². The number of likely N-dealkylation sites (tertiary alicyclic amines) is 1. The van der Waals surface area contributed by atoms with Crippen molar-refractivity contribution in [1.82, 2.24) is 9.62 Å². The van der Waals surface area contributed by atoms with Crippen LogP contribution in [0.2, 0.25) is 5.02 Å². The molecule has 0 aromatic heterocycles. The first-order valence-electron chi connectivity index (χ1n) is 6.68. The summed E-state index contributed by atoms with van der Waals surface area (Å²) in [5.41, 5.74) is 5.66. The van der Waals surface area contributed by atoms with Gasteiger partial charge < -0.3 is 10.6 Å².